The van der Waals surface area contributed by atoms with Gasteiger partial charge in [-0.25, -0.2) is 16.8 Å². The van der Waals surface area contributed by atoms with Gasteiger partial charge in [0.15, 0.2) is 0 Å². The zero-order chi connectivity index (χ0) is 19.8. The Morgan fingerprint density at radius 3 is 1.42 bits per heavy atom. The molecule has 148 valence electrons. The van der Waals surface area contributed by atoms with E-state index in [1.165, 1.54) is 0 Å². The summed E-state index contributed by atoms with van der Waals surface area (Å²) >= 11 is 0. The number of likely N-dealkylation sites (N-methyl/N-ethyl adjacent to an activating group) is 1. The van der Waals surface area contributed by atoms with Gasteiger partial charge < -0.3 is 9.64 Å². The number of hydrogen-bond acceptors (Lipinski definition) is 6. The summed E-state index contributed by atoms with van der Waals surface area (Å²) < 4.78 is 113. The normalized spacial score (nSPS) is 13.6. The Bertz CT molecular complexity index is 512. The Morgan fingerprint density at radius 2 is 1.21 bits per heavy atom. The van der Waals surface area contributed by atoms with Gasteiger partial charge in [-0.1, -0.05) is 18.0 Å². The van der Waals surface area contributed by atoms with Crippen LogP contribution < -0.4 is 4.13 Å². The zero-order valence-corrected chi connectivity index (χ0v) is 14.5. The smallest absolute Gasteiger partial charge is 0.383 e. The molecule has 0 atom stereocenters. The van der Waals surface area contributed by atoms with Crippen LogP contribution in [0.15, 0.2) is 0 Å². The summed E-state index contributed by atoms with van der Waals surface area (Å²) in [4.78, 5) is 2.34. The average Bonchev–Trinajstić information content (AvgIpc) is 2.37. The predicted octanol–water partition coefficient (Wildman–Crippen LogP) is 1.25. The minimum atomic E-state index is -6.60. The fourth-order valence-electron chi connectivity index (χ4n) is 0.999. The second-order valence-electron chi connectivity index (χ2n) is 4.00. The van der Waals surface area contributed by atoms with Crippen LogP contribution in [0.5, 0.6) is 0 Å². The number of ether oxygens (including phenoxy) is 1. The number of alkyl halides is 6. The van der Waals surface area contributed by atoms with Crippen LogP contribution in [0.2, 0.25) is 0 Å². The summed E-state index contributed by atoms with van der Waals surface area (Å²) in [5, 5.41) is 0. The van der Waals surface area contributed by atoms with Crippen LogP contribution in [0, 0.1) is 0 Å². The van der Waals surface area contributed by atoms with Crippen molar-refractivity contribution in [3.05, 3.63) is 0 Å². The predicted molar refractivity (Wildman–Crippen MR) is 72.7 cm³/mol. The highest BCUT2D eigenvalue weighted by Crippen LogP contribution is 2.27. The van der Waals surface area contributed by atoms with Gasteiger partial charge in [0.25, 0.3) is 0 Å². The highest BCUT2D eigenvalue weighted by atomic mass is 32.3. The monoisotopic (exact) mass is 412 g/mol. The van der Waals surface area contributed by atoms with Gasteiger partial charge in [0, 0.05) is 13.7 Å². The summed E-state index contributed by atoms with van der Waals surface area (Å²) in [7, 11) is -11.5. The van der Waals surface area contributed by atoms with Crippen molar-refractivity contribution in [3.63, 3.8) is 0 Å². The van der Waals surface area contributed by atoms with Gasteiger partial charge in [-0.15, -0.1) is 0 Å². The summed E-state index contributed by atoms with van der Waals surface area (Å²) in [6.07, 6.45) is 0. The molecule has 0 aliphatic carbocycles. The maximum absolute atomic E-state index is 11.5. The molecule has 0 aliphatic heterocycles. The Morgan fingerprint density at radius 1 is 0.875 bits per heavy atom. The van der Waals surface area contributed by atoms with E-state index in [2.05, 4.69) is 18.7 Å². The van der Waals surface area contributed by atoms with Crippen molar-refractivity contribution in [2.24, 2.45) is 0 Å². The number of rotatable bonds is 7. The van der Waals surface area contributed by atoms with Crippen LogP contribution in [0.4, 0.5) is 26.3 Å². The summed E-state index contributed by atoms with van der Waals surface area (Å²) in [5.41, 5.74) is -12.3. The number of sulfonamides is 2. The molecule has 1 N–H and O–H groups in total. The maximum atomic E-state index is 11.5. The van der Waals surface area contributed by atoms with Crippen molar-refractivity contribution in [3.8, 4) is 0 Å². The van der Waals surface area contributed by atoms with E-state index >= 15 is 0 Å². The fourth-order valence-corrected chi connectivity index (χ4v) is 2.91. The molecular weight excluding hydrogens is 394 g/mol. The Kier molecular flexibility index (Phi) is 10.4. The van der Waals surface area contributed by atoms with E-state index in [0.717, 1.165) is 26.2 Å². The molecule has 7 nitrogen and oxygen atoms in total. The van der Waals surface area contributed by atoms with Crippen LogP contribution in [-0.2, 0) is 24.8 Å². The lowest BCUT2D eigenvalue weighted by Gasteiger charge is -2.16. The molecule has 0 heterocycles. The molecule has 0 aromatic rings. The van der Waals surface area contributed by atoms with E-state index in [1.54, 1.807) is 7.11 Å². The van der Waals surface area contributed by atoms with Crippen molar-refractivity contribution < 1.29 is 47.9 Å². The highest BCUT2D eigenvalue weighted by Gasteiger charge is 2.55. The van der Waals surface area contributed by atoms with Gasteiger partial charge in [-0.2, -0.15) is 26.3 Å². The number of nitrogens with zero attached hydrogens (tertiary/aromatic N) is 1. The Hall–Kier alpha value is -0.640. The molecule has 0 spiro atoms. The molecule has 0 saturated carbocycles. The molecule has 0 aliphatic rings. The van der Waals surface area contributed by atoms with E-state index < -0.39 is 35.2 Å². The van der Waals surface area contributed by atoms with Gasteiger partial charge in [-0.3, -0.25) is 0 Å². The van der Waals surface area contributed by atoms with Crippen LogP contribution in [0.1, 0.15) is 13.8 Å². The molecule has 0 amide bonds. The number of halogens is 6. The quantitative estimate of drug-likeness (QED) is 0.633. The number of methoxy groups -OCH3 is 1. The second kappa shape index (κ2) is 9.74. The molecule has 24 heavy (non-hydrogen) atoms. The maximum Gasteiger partial charge on any atom is 0.512 e. The van der Waals surface area contributed by atoms with Crippen LogP contribution in [0.3, 0.4) is 0 Å². The summed E-state index contributed by atoms with van der Waals surface area (Å²) in [5.74, 6) is 0. The van der Waals surface area contributed by atoms with E-state index in [9.17, 15) is 43.2 Å². The molecule has 15 heteroatoms. The van der Waals surface area contributed by atoms with Crippen LogP contribution in [-0.4, -0.2) is 66.1 Å². The summed E-state index contributed by atoms with van der Waals surface area (Å²) in [6, 6.07) is 0. The van der Waals surface area contributed by atoms with E-state index in [1.807, 2.05) is 0 Å². The molecule has 0 bridgehead atoms. The second-order valence-corrected chi connectivity index (χ2v) is 7.61. The lowest BCUT2D eigenvalue weighted by molar-refractivity contribution is -0.0476. The third kappa shape index (κ3) is 9.00. The van der Waals surface area contributed by atoms with Crippen molar-refractivity contribution in [1.29, 1.82) is 0 Å². The third-order valence-corrected chi connectivity index (χ3v) is 5.31. The number of nitrogens with one attached hydrogen (secondary N) is 1. The first-order valence-corrected chi connectivity index (χ1v) is 9.14. The van der Waals surface area contributed by atoms with Gasteiger partial charge in [-0.05, 0) is 13.1 Å². The highest BCUT2D eigenvalue weighted by molar-refractivity contribution is 8.05. The van der Waals surface area contributed by atoms with Crippen LogP contribution in [0.25, 0.3) is 0 Å². The van der Waals surface area contributed by atoms with E-state index in [0.29, 0.717) is 0 Å². The first-order valence-electron chi connectivity index (χ1n) is 6.18. The standard InChI is InChI=1S/C7H17NO.C2HF6NO4S2/c1-4-8(5-2)6-7-9-3;3-1(4,5)14(10,11)9-15(12,13)2(6,7)8/h4-7H2,1-3H3;9H. The molecule has 0 fully saturated rings. The van der Waals surface area contributed by atoms with Crippen molar-refractivity contribution in [2.45, 2.75) is 24.9 Å². The molecule has 0 aromatic carbocycles. The molecule has 0 radical (unpaired) electrons. The number of hydrogen-bond donors (Lipinski definition) is 1. The Balaban J connectivity index is 0. The van der Waals surface area contributed by atoms with E-state index in [4.69, 9.17) is 4.74 Å². The largest absolute Gasteiger partial charge is 0.512 e. The lowest BCUT2D eigenvalue weighted by Crippen LogP contribution is -2.45. The fraction of sp³-hybridized carbons (Fsp3) is 1.00. The third-order valence-electron chi connectivity index (χ3n) is 2.33. The van der Waals surface area contributed by atoms with Crippen LogP contribution >= 0.6 is 0 Å². The molecule has 0 saturated heterocycles. The van der Waals surface area contributed by atoms with Crippen molar-refractivity contribution >= 4 is 20.0 Å². The van der Waals surface area contributed by atoms with Gasteiger partial charge in [0.2, 0.25) is 0 Å². The van der Waals surface area contributed by atoms with Gasteiger partial charge in [0.05, 0.1) is 6.61 Å². The average molecular weight is 412 g/mol. The minimum absolute atomic E-state index is 0.493. The SMILES string of the molecule is CCN(CC)CCOC.O=S(=O)(NS(=O)(=O)C(F)(F)F)C(F)(F)F. The molecule has 0 rings (SSSR count). The topological polar surface area (TPSA) is 92.8 Å². The Labute approximate surface area is 136 Å². The first-order chi connectivity index (χ1) is 10.6. The lowest BCUT2D eigenvalue weighted by atomic mass is 10.5. The van der Waals surface area contributed by atoms with Gasteiger partial charge in [0.1, 0.15) is 0 Å². The first kappa shape index (κ1) is 25.6. The summed E-state index contributed by atoms with van der Waals surface area (Å²) in [6.45, 7) is 8.49. The van der Waals surface area contributed by atoms with Gasteiger partial charge >= 0.3 is 31.1 Å². The van der Waals surface area contributed by atoms with Crippen molar-refractivity contribution in [2.75, 3.05) is 33.4 Å². The molecule has 0 aromatic heterocycles. The minimum Gasteiger partial charge on any atom is -0.383 e. The zero-order valence-electron chi connectivity index (χ0n) is 12.9. The molecule has 0 unspecified atom stereocenters. The molecular formula is C9H18F6N2O5S2. The van der Waals surface area contributed by atoms with Crippen molar-refractivity contribution in [1.82, 2.24) is 9.03 Å². The van der Waals surface area contributed by atoms with E-state index in [-0.39, 0.29) is 0 Å².